The lowest BCUT2D eigenvalue weighted by Crippen LogP contribution is -1.99. The Morgan fingerprint density at radius 1 is 1.54 bits per heavy atom. The fourth-order valence-corrected chi connectivity index (χ4v) is 1.11. The Balaban J connectivity index is 3.08. The summed E-state index contributed by atoms with van der Waals surface area (Å²) in [4.78, 5) is 10.7. The van der Waals surface area contributed by atoms with E-state index in [4.69, 9.17) is 0 Å². The molecule has 1 aromatic rings. The van der Waals surface area contributed by atoms with Gasteiger partial charge in [-0.25, -0.2) is 4.39 Å². The summed E-state index contributed by atoms with van der Waals surface area (Å²) in [7, 11) is 0. The molecule has 0 bridgehead atoms. The van der Waals surface area contributed by atoms with Gasteiger partial charge in [0.1, 0.15) is 17.3 Å². The van der Waals surface area contributed by atoms with Crippen molar-refractivity contribution in [3.05, 3.63) is 29.1 Å². The molecule has 13 heavy (non-hydrogen) atoms. The van der Waals surface area contributed by atoms with Gasteiger partial charge in [-0.15, -0.1) is 0 Å². The largest absolute Gasteiger partial charge is 0.508 e. The highest BCUT2D eigenvalue weighted by Crippen LogP contribution is 2.21. The van der Waals surface area contributed by atoms with Crippen LogP contribution in [0.15, 0.2) is 12.1 Å². The van der Waals surface area contributed by atoms with E-state index in [9.17, 15) is 14.3 Å². The molecule has 0 atom stereocenters. The summed E-state index contributed by atoms with van der Waals surface area (Å²) in [5, 5.41) is 9.26. The molecule has 0 aliphatic rings. The number of ketones is 1. The van der Waals surface area contributed by atoms with E-state index < -0.39 is 5.82 Å². The number of halogens is 1. The molecule has 1 rings (SSSR count). The number of aryl methyl sites for hydroxylation is 1. The first-order valence-electron chi connectivity index (χ1n) is 3.98. The zero-order valence-corrected chi connectivity index (χ0v) is 7.60. The minimum absolute atomic E-state index is 0.0256. The standard InChI is InChI=1S/C10H11FO2/c1-6-3-9(11)8(4-7(2)12)5-10(6)13/h3,5,13H,4H2,1-2H3. The van der Waals surface area contributed by atoms with Gasteiger partial charge in [-0.05, 0) is 37.1 Å². The number of rotatable bonds is 2. The van der Waals surface area contributed by atoms with Crippen LogP contribution in [0.5, 0.6) is 5.75 Å². The maximum atomic E-state index is 13.1. The first-order valence-corrected chi connectivity index (χ1v) is 3.98. The second-order valence-electron chi connectivity index (χ2n) is 3.11. The van der Waals surface area contributed by atoms with Gasteiger partial charge in [0.2, 0.25) is 0 Å². The second kappa shape index (κ2) is 3.56. The van der Waals surface area contributed by atoms with Crippen molar-refractivity contribution in [2.24, 2.45) is 0 Å². The second-order valence-corrected chi connectivity index (χ2v) is 3.11. The van der Waals surface area contributed by atoms with E-state index in [1.54, 1.807) is 6.92 Å². The van der Waals surface area contributed by atoms with Crippen LogP contribution < -0.4 is 0 Å². The number of phenols is 1. The minimum atomic E-state index is -0.439. The smallest absolute Gasteiger partial charge is 0.134 e. The highest BCUT2D eigenvalue weighted by Gasteiger charge is 2.07. The predicted octanol–water partition coefficient (Wildman–Crippen LogP) is 1.97. The van der Waals surface area contributed by atoms with Crippen molar-refractivity contribution < 1.29 is 14.3 Å². The minimum Gasteiger partial charge on any atom is -0.508 e. The van der Waals surface area contributed by atoms with Gasteiger partial charge in [0, 0.05) is 6.42 Å². The molecule has 0 unspecified atom stereocenters. The Kier molecular flexibility index (Phi) is 2.66. The SMILES string of the molecule is CC(=O)Cc1cc(O)c(C)cc1F. The number of carbonyl (C=O) groups is 1. The van der Waals surface area contributed by atoms with Crippen LogP contribution in [0.2, 0.25) is 0 Å². The molecule has 2 nitrogen and oxygen atoms in total. The highest BCUT2D eigenvalue weighted by molar-refractivity contribution is 5.78. The summed E-state index contributed by atoms with van der Waals surface area (Å²) in [6.45, 7) is 2.99. The molecule has 0 heterocycles. The van der Waals surface area contributed by atoms with Gasteiger partial charge >= 0.3 is 0 Å². The molecule has 0 aliphatic heterocycles. The number of Topliss-reactive ketones (excluding diaryl/α,β-unsaturated/α-hetero) is 1. The molecule has 0 saturated carbocycles. The summed E-state index contributed by atoms with van der Waals surface area (Å²) < 4.78 is 13.1. The van der Waals surface area contributed by atoms with Crippen molar-refractivity contribution in [1.29, 1.82) is 0 Å². The zero-order valence-electron chi connectivity index (χ0n) is 7.60. The van der Waals surface area contributed by atoms with E-state index in [1.165, 1.54) is 19.1 Å². The van der Waals surface area contributed by atoms with Crippen LogP contribution in [-0.4, -0.2) is 10.9 Å². The summed E-state index contributed by atoms with van der Waals surface area (Å²) in [6.07, 6.45) is 0.0275. The number of carbonyl (C=O) groups excluding carboxylic acids is 1. The third-order valence-electron chi connectivity index (χ3n) is 1.80. The van der Waals surface area contributed by atoms with Crippen molar-refractivity contribution in [2.75, 3.05) is 0 Å². The maximum Gasteiger partial charge on any atom is 0.134 e. The summed E-state index contributed by atoms with van der Waals surface area (Å²) in [5.41, 5.74) is 0.723. The summed E-state index contributed by atoms with van der Waals surface area (Å²) >= 11 is 0. The van der Waals surface area contributed by atoms with Crippen molar-refractivity contribution >= 4 is 5.78 Å². The molecule has 0 aromatic heterocycles. The van der Waals surface area contributed by atoms with Crippen LogP contribution in [0.1, 0.15) is 18.1 Å². The fraction of sp³-hybridized carbons (Fsp3) is 0.300. The van der Waals surface area contributed by atoms with Crippen LogP contribution in [-0.2, 0) is 11.2 Å². The molecule has 0 fully saturated rings. The van der Waals surface area contributed by atoms with Gasteiger partial charge in [-0.3, -0.25) is 4.79 Å². The monoisotopic (exact) mass is 182 g/mol. The molecular weight excluding hydrogens is 171 g/mol. The Bertz CT molecular complexity index is 345. The van der Waals surface area contributed by atoms with Gasteiger partial charge in [0.05, 0.1) is 0 Å². The molecule has 1 aromatic carbocycles. The van der Waals surface area contributed by atoms with Gasteiger partial charge in [-0.1, -0.05) is 0 Å². The van der Waals surface area contributed by atoms with E-state index in [2.05, 4.69) is 0 Å². The van der Waals surface area contributed by atoms with Gasteiger partial charge in [0.25, 0.3) is 0 Å². The quantitative estimate of drug-likeness (QED) is 0.759. The van der Waals surface area contributed by atoms with E-state index in [0.717, 1.165) is 0 Å². The molecule has 0 amide bonds. The Morgan fingerprint density at radius 3 is 2.69 bits per heavy atom. The van der Waals surface area contributed by atoms with E-state index in [0.29, 0.717) is 5.56 Å². The molecule has 1 N–H and O–H groups in total. The van der Waals surface area contributed by atoms with Crippen molar-refractivity contribution in [2.45, 2.75) is 20.3 Å². The lowest BCUT2D eigenvalue weighted by Gasteiger charge is -2.04. The predicted molar refractivity (Wildman–Crippen MR) is 47.2 cm³/mol. The molecule has 70 valence electrons. The maximum absolute atomic E-state index is 13.1. The third kappa shape index (κ3) is 2.28. The Morgan fingerprint density at radius 2 is 2.15 bits per heavy atom. The third-order valence-corrected chi connectivity index (χ3v) is 1.80. The molecule has 3 heteroatoms. The number of aromatic hydroxyl groups is 1. The lowest BCUT2D eigenvalue weighted by molar-refractivity contribution is -0.116. The Hall–Kier alpha value is -1.38. The van der Waals surface area contributed by atoms with Gasteiger partial charge < -0.3 is 5.11 Å². The highest BCUT2D eigenvalue weighted by atomic mass is 19.1. The normalized spacial score (nSPS) is 10.1. The number of hydrogen-bond acceptors (Lipinski definition) is 2. The van der Waals surface area contributed by atoms with Crippen LogP contribution in [0.4, 0.5) is 4.39 Å². The topological polar surface area (TPSA) is 37.3 Å². The summed E-state index contributed by atoms with van der Waals surface area (Å²) in [6, 6.07) is 2.53. The summed E-state index contributed by atoms with van der Waals surface area (Å²) in [5.74, 6) is -0.537. The van der Waals surface area contributed by atoms with Crippen LogP contribution in [0.3, 0.4) is 0 Å². The lowest BCUT2D eigenvalue weighted by atomic mass is 10.1. The molecule has 0 radical (unpaired) electrons. The van der Waals surface area contributed by atoms with E-state index >= 15 is 0 Å². The number of benzene rings is 1. The van der Waals surface area contributed by atoms with Crippen LogP contribution >= 0.6 is 0 Å². The fourth-order valence-electron chi connectivity index (χ4n) is 1.11. The zero-order chi connectivity index (χ0) is 10.0. The van der Waals surface area contributed by atoms with Gasteiger partial charge in [0.15, 0.2) is 0 Å². The van der Waals surface area contributed by atoms with E-state index in [1.807, 2.05) is 0 Å². The molecule has 0 aliphatic carbocycles. The Labute approximate surface area is 76.0 Å². The average Bonchev–Trinajstić information content (AvgIpc) is 1.99. The van der Waals surface area contributed by atoms with Crippen molar-refractivity contribution in [1.82, 2.24) is 0 Å². The van der Waals surface area contributed by atoms with E-state index in [-0.39, 0.29) is 23.5 Å². The first-order chi connectivity index (χ1) is 6.00. The number of phenolic OH excluding ortho intramolecular Hbond substituents is 1. The molecule has 0 spiro atoms. The van der Waals surface area contributed by atoms with Crippen LogP contribution in [0, 0.1) is 12.7 Å². The number of hydrogen-bond donors (Lipinski definition) is 1. The molecule has 0 saturated heterocycles. The average molecular weight is 182 g/mol. The van der Waals surface area contributed by atoms with Gasteiger partial charge in [-0.2, -0.15) is 0 Å². The first kappa shape index (κ1) is 9.71. The molecular formula is C10H11FO2. The van der Waals surface area contributed by atoms with Crippen LogP contribution in [0.25, 0.3) is 0 Å². The van der Waals surface area contributed by atoms with Crippen molar-refractivity contribution in [3.8, 4) is 5.75 Å². The van der Waals surface area contributed by atoms with Crippen molar-refractivity contribution in [3.63, 3.8) is 0 Å².